The van der Waals surface area contributed by atoms with Gasteiger partial charge >= 0.3 is 0 Å². The fourth-order valence-corrected chi connectivity index (χ4v) is 2.64. The number of hydrogen-bond acceptors (Lipinski definition) is 3. The molecule has 0 aliphatic heterocycles. The van der Waals surface area contributed by atoms with E-state index in [-0.39, 0.29) is 6.04 Å². The van der Waals surface area contributed by atoms with E-state index in [1.807, 2.05) is 11.8 Å². The van der Waals surface area contributed by atoms with Gasteiger partial charge in [0.2, 0.25) is 0 Å². The third kappa shape index (κ3) is 5.03. The molecular formula is C11H19NS2. The minimum atomic E-state index is 0.286. The number of rotatable bonds is 4. The fraction of sp³-hybridized carbons (Fsp3) is 0.636. The first-order valence-corrected chi connectivity index (χ1v) is 6.81. The van der Waals surface area contributed by atoms with Crippen molar-refractivity contribution in [3.8, 4) is 0 Å². The van der Waals surface area contributed by atoms with Crippen LogP contribution >= 0.6 is 23.1 Å². The van der Waals surface area contributed by atoms with Gasteiger partial charge in [0.1, 0.15) is 0 Å². The van der Waals surface area contributed by atoms with E-state index in [9.17, 15) is 0 Å². The van der Waals surface area contributed by atoms with Crippen molar-refractivity contribution < 1.29 is 0 Å². The smallest absolute Gasteiger partial charge is 0.0171 e. The third-order valence-corrected chi connectivity index (χ3v) is 4.00. The first kappa shape index (κ1) is 12.1. The van der Waals surface area contributed by atoms with E-state index >= 15 is 0 Å². The van der Waals surface area contributed by atoms with Gasteiger partial charge in [-0.25, -0.2) is 0 Å². The number of thioether (sulfide) groups is 1. The Labute approximate surface area is 95.1 Å². The molecule has 14 heavy (non-hydrogen) atoms. The van der Waals surface area contributed by atoms with Crippen LogP contribution < -0.4 is 5.73 Å². The van der Waals surface area contributed by atoms with E-state index in [4.69, 9.17) is 5.73 Å². The van der Waals surface area contributed by atoms with Crippen molar-refractivity contribution >= 4 is 23.1 Å². The lowest BCUT2D eigenvalue weighted by Crippen LogP contribution is -2.27. The molecule has 0 amide bonds. The van der Waals surface area contributed by atoms with Crippen LogP contribution in [-0.4, -0.2) is 16.5 Å². The molecular weight excluding hydrogens is 210 g/mol. The Hall–Kier alpha value is 0.01000. The lowest BCUT2D eigenvalue weighted by Gasteiger charge is -2.20. The second kappa shape index (κ2) is 5.19. The normalized spacial score (nSPS) is 14.3. The van der Waals surface area contributed by atoms with Gasteiger partial charge in [-0.15, -0.1) is 0 Å². The molecule has 1 atom stereocenters. The highest BCUT2D eigenvalue weighted by Gasteiger charge is 2.13. The van der Waals surface area contributed by atoms with E-state index in [0.29, 0.717) is 4.75 Å². The van der Waals surface area contributed by atoms with Gasteiger partial charge in [-0.1, -0.05) is 20.8 Å². The predicted molar refractivity (Wildman–Crippen MR) is 68.2 cm³/mol. The standard InChI is InChI=1S/C11H19NS2/c1-11(2,3)14-8-10(12)6-9-4-5-13-7-9/h4-5,7,10H,6,8,12H2,1-3H3. The molecule has 0 saturated heterocycles. The van der Waals surface area contributed by atoms with E-state index in [1.54, 1.807) is 11.3 Å². The van der Waals surface area contributed by atoms with E-state index in [1.165, 1.54) is 5.56 Å². The SMILES string of the molecule is CC(C)(C)SCC(N)Cc1ccsc1. The summed E-state index contributed by atoms with van der Waals surface area (Å²) < 4.78 is 0.326. The molecule has 0 aliphatic carbocycles. The second-order valence-corrected chi connectivity index (χ2v) is 7.15. The minimum absolute atomic E-state index is 0.286. The van der Waals surface area contributed by atoms with Crippen LogP contribution in [0.5, 0.6) is 0 Å². The van der Waals surface area contributed by atoms with Crippen molar-refractivity contribution in [1.82, 2.24) is 0 Å². The Bertz CT molecular complexity index is 249. The zero-order chi connectivity index (χ0) is 10.6. The molecule has 3 heteroatoms. The molecule has 80 valence electrons. The summed E-state index contributed by atoms with van der Waals surface area (Å²) in [5.41, 5.74) is 7.43. The first-order valence-electron chi connectivity index (χ1n) is 4.88. The van der Waals surface area contributed by atoms with Crippen LogP contribution in [0.15, 0.2) is 16.8 Å². The molecule has 1 heterocycles. The molecule has 0 aliphatic rings. The fourth-order valence-electron chi connectivity index (χ4n) is 1.13. The Balaban J connectivity index is 2.26. The van der Waals surface area contributed by atoms with E-state index in [0.717, 1.165) is 12.2 Å². The van der Waals surface area contributed by atoms with Gasteiger partial charge in [0.15, 0.2) is 0 Å². The summed E-state index contributed by atoms with van der Waals surface area (Å²) in [4.78, 5) is 0. The maximum atomic E-state index is 6.06. The van der Waals surface area contributed by atoms with Gasteiger partial charge in [-0.2, -0.15) is 23.1 Å². The molecule has 1 nitrogen and oxygen atoms in total. The maximum absolute atomic E-state index is 6.06. The van der Waals surface area contributed by atoms with Crippen molar-refractivity contribution in [2.75, 3.05) is 5.75 Å². The maximum Gasteiger partial charge on any atom is 0.0171 e. The van der Waals surface area contributed by atoms with Crippen LogP contribution in [0.3, 0.4) is 0 Å². The number of nitrogens with two attached hydrogens (primary N) is 1. The van der Waals surface area contributed by atoms with Crippen LogP contribution in [0, 0.1) is 0 Å². The Morgan fingerprint density at radius 1 is 1.50 bits per heavy atom. The Morgan fingerprint density at radius 3 is 2.71 bits per heavy atom. The molecule has 1 aromatic heterocycles. The Morgan fingerprint density at radius 2 is 2.21 bits per heavy atom. The summed E-state index contributed by atoms with van der Waals surface area (Å²) in [5.74, 6) is 1.04. The zero-order valence-electron chi connectivity index (χ0n) is 9.12. The van der Waals surface area contributed by atoms with E-state index in [2.05, 4.69) is 37.6 Å². The van der Waals surface area contributed by atoms with E-state index < -0.39 is 0 Å². The largest absolute Gasteiger partial charge is 0.327 e. The quantitative estimate of drug-likeness (QED) is 0.858. The Kier molecular flexibility index (Phi) is 4.48. The van der Waals surface area contributed by atoms with Gasteiger partial charge in [0, 0.05) is 16.5 Å². The first-order chi connectivity index (χ1) is 6.47. The van der Waals surface area contributed by atoms with Crippen molar-refractivity contribution in [1.29, 1.82) is 0 Å². The molecule has 0 aromatic carbocycles. The van der Waals surface area contributed by atoms with Crippen molar-refractivity contribution in [2.24, 2.45) is 5.73 Å². The molecule has 1 rings (SSSR count). The molecule has 0 radical (unpaired) electrons. The summed E-state index contributed by atoms with van der Waals surface area (Å²) in [6, 6.07) is 2.44. The topological polar surface area (TPSA) is 26.0 Å². The number of hydrogen-bond donors (Lipinski definition) is 1. The van der Waals surface area contributed by atoms with Crippen LogP contribution in [0.25, 0.3) is 0 Å². The minimum Gasteiger partial charge on any atom is -0.327 e. The highest BCUT2D eigenvalue weighted by atomic mass is 32.2. The zero-order valence-corrected chi connectivity index (χ0v) is 10.8. The highest BCUT2D eigenvalue weighted by molar-refractivity contribution is 8.00. The molecule has 1 unspecified atom stereocenters. The summed E-state index contributed by atoms with van der Waals surface area (Å²) in [7, 11) is 0. The summed E-state index contributed by atoms with van der Waals surface area (Å²) in [6.07, 6.45) is 1.01. The van der Waals surface area contributed by atoms with Gasteiger partial charge in [-0.05, 0) is 28.8 Å². The summed E-state index contributed by atoms with van der Waals surface area (Å²) in [5, 5.41) is 4.29. The lowest BCUT2D eigenvalue weighted by molar-refractivity contribution is 0.735. The van der Waals surface area contributed by atoms with Crippen LogP contribution in [0.1, 0.15) is 26.3 Å². The second-order valence-electron chi connectivity index (χ2n) is 4.52. The average Bonchev–Trinajstić information content (AvgIpc) is 2.52. The van der Waals surface area contributed by atoms with Gasteiger partial charge in [0.05, 0.1) is 0 Å². The predicted octanol–water partition coefficient (Wildman–Crippen LogP) is 3.15. The molecule has 0 bridgehead atoms. The monoisotopic (exact) mass is 229 g/mol. The highest BCUT2D eigenvalue weighted by Crippen LogP contribution is 2.24. The summed E-state index contributed by atoms with van der Waals surface area (Å²) >= 11 is 3.68. The van der Waals surface area contributed by atoms with Crippen molar-refractivity contribution in [2.45, 2.75) is 38.0 Å². The molecule has 0 spiro atoms. The lowest BCUT2D eigenvalue weighted by atomic mass is 10.1. The molecule has 1 aromatic rings. The third-order valence-electron chi connectivity index (χ3n) is 1.81. The van der Waals surface area contributed by atoms with Crippen LogP contribution in [-0.2, 0) is 6.42 Å². The van der Waals surface area contributed by atoms with Gasteiger partial charge < -0.3 is 5.73 Å². The average molecular weight is 229 g/mol. The molecule has 0 fully saturated rings. The molecule has 0 saturated carbocycles. The van der Waals surface area contributed by atoms with Crippen molar-refractivity contribution in [3.05, 3.63) is 22.4 Å². The summed E-state index contributed by atoms with van der Waals surface area (Å²) in [6.45, 7) is 6.69. The van der Waals surface area contributed by atoms with Gasteiger partial charge in [-0.3, -0.25) is 0 Å². The van der Waals surface area contributed by atoms with Crippen molar-refractivity contribution in [3.63, 3.8) is 0 Å². The molecule has 2 N–H and O–H groups in total. The number of thiophene rings is 1. The van der Waals surface area contributed by atoms with Crippen LogP contribution in [0.2, 0.25) is 0 Å². The van der Waals surface area contributed by atoms with Gasteiger partial charge in [0.25, 0.3) is 0 Å². The van der Waals surface area contributed by atoms with Crippen LogP contribution in [0.4, 0.5) is 0 Å².